The van der Waals surface area contributed by atoms with Crippen molar-refractivity contribution < 1.29 is 4.79 Å². The summed E-state index contributed by atoms with van der Waals surface area (Å²) in [6.07, 6.45) is 8.43. The van der Waals surface area contributed by atoms with Gasteiger partial charge in [0.25, 0.3) is 0 Å². The normalized spacial score (nSPS) is 14.4. The molecule has 5 nitrogen and oxygen atoms in total. The number of hydrogen-bond acceptors (Lipinski definition) is 6. The van der Waals surface area contributed by atoms with Crippen LogP contribution in [0.25, 0.3) is 20.4 Å². The fraction of sp³-hybridized carbons (Fsp3) is 0.360. The van der Waals surface area contributed by atoms with Crippen molar-refractivity contribution in [3.8, 4) is 0 Å². The van der Waals surface area contributed by atoms with Gasteiger partial charge in [-0.2, -0.15) is 0 Å². The largest absolute Gasteiger partial charge is 0.325 e. The number of fused-ring (bicyclic) bond motifs is 5. The number of para-hydroxylation sites is 1. The summed E-state index contributed by atoms with van der Waals surface area (Å²) in [5, 5.41) is 4.78. The van der Waals surface area contributed by atoms with Crippen molar-refractivity contribution in [3.63, 3.8) is 0 Å². The number of nitrogens with one attached hydrogen (secondary N) is 1. The molecule has 0 aliphatic heterocycles. The number of carbonyl (C=O) groups is 1. The number of thioether (sulfide) groups is 1. The lowest BCUT2D eigenvalue weighted by Crippen LogP contribution is -2.22. The van der Waals surface area contributed by atoms with Gasteiger partial charge in [-0.3, -0.25) is 4.79 Å². The van der Waals surface area contributed by atoms with Crippen LogP contribution in [-0.2, 0) is 24.1 Å². The highest BCUT2D eigenvalue weighted by atomic mass is 32.2. The number of carbonyl (C=O) groups excluding carboxylic acids is 1. The van der Waals surface area contributed by atoms with E-state index in [1.54, 1.807) is 17.7 Å². The molecule has 32 heavy (non-hydrogen) atoms. The van der Waals surface area contributed by atoms with Gasteiger partial charge in [-0.25, -0.2) is 15.0 Å². The highest BCUT2D eigenvalue weighted by Gasteiger charge is 2.24. The molecule has 0 spiro atoms. The van der Waals surface area contributed by atoms with E-state index in [1.165, 1.54) is 46.8 Å². The van der Waals surface area contributed by atoms with Crippen LogP contribution in [0.5, 0.6) is 0 Å². The van der Waals surface area contributed by atoms with E-state index in [0.717, 1.165) is 51.4 Å². The van der Waals surface area contributed by atoms with Gasteiger partial charge in [0.15, 0.2) is 0 Å². The number of nitrogens with zero attached hydrogens (tertiary/aromatic N) is 3. The maximum absolute atomic E-state index is 12.7. The zero-order chi connectivity index (χ0) is 22.1. The molecule has 1 aliphatic carbocycles. The summed E-state index contributed by atoms with van der Waals surface area (Å²) < 4.78 is 1.04. The Bertz CT molecular complexity index is 1290. The molecule has 0 radical (unpaired) electrons. The van der Waals surface area contributed by atoms with E-state index in [9.17, 15) is 4.79 Å². The molecule has 164 valence electrons. The van der Waals surface area contributed by atoms with E-state index in [-0.39, 0.29) is 11.2 Å². The van der Waals surface area contributed by atoms with Crippen LogP contribution in [0.4, 0.5) is 5.69 Å². The predicted molar refractivity (Wildman–Crippen MR) is 134 cm³/mol. The van der Waals surface area contributed by atoms with Gasteiger partial charge in [-0.05, 0) is 62.3 Å². The summed E-state index contributed by atoms with van der Waals surface area (Å²) in [6.45, 7) is 4.14. The molecule has 0 saturated carbocycles. The lowest BCUT2D eigenvalue weighted by Gasteiger charge is -2.19. The lowest BCUT2D eigenvalue weighted by molar-refractivity contribution is -0.115. The van der Waals surface area contributed by atoms with Crippen molar-refractivity contribution in [2.24, 2.45) is 0 Å². The maximum Gasteiger partial charge on any atom is 0.237 e. The van der Waals surface area contributed by atoms with Crippen molar-refractivity contribution in [1.82, 2.24) is 15.0 Å². The van der Waals surface area contributed by atoms with Gasteiger partial charge >= 0.3 is 0 Å². The molecule has 1 atom stereocenters. The second-order valence-electron chi connectivity index (χ2n) is 8.23. The number of amides is 1. The van der Waals surface area contributed by atoms with Gasteiger partial charge in [-0.15, -0.1) is 11.3 Å². The first-order valence-corrected chi connectivity index (χ1v) is 13.0. The van der Waals surface area contributed by atoms with E-state index >= 15 is 0 Å². The number of anilines is 1. The third-order valence-corrected chi connectivity index (χ3v) is 8.27. The van der Waals surface area contributed by atoms with Crippen LogP contribution < -0.4 is 5.32 Å². The van der Waals surface area contributed by atoms with Crippen LogP contribution in [0.15, 0.2) is 41.7 Å². The Morgan fingerprint density at radius 2 is 1.94 bits per heavy atom. The maximum atomic E-state index is 12.7. The molecule has 4 aromatic rings. The van der Waals surface area contributed by atoms with Crippen molar-refractivity contribution in [2.45, 2.75) is 62.6 Å². The van der Waals surface area contributed by atoms with Crippen molar-refractivity contribution in [1.29, 1.82) is 0 Å². The van der Waals surface area contributed by atoms with Crippen molar-refractivity contribution >= 4 is 55.1 Å². The molecule has 1 amide bonds. The number of rotatable bonds is 6. The Labute approximate surface area is 196 Å². The Hall–Kier alpha value is -2.51. The smallest absolute Gasteiger partial charge is 0.237 e. The van der Waals surface area contributed by atoms with Crippen molar-refractivity contribution in [3.05, 3.63) is 53.5 Å². The molecule has 0 fully saturated rings. The minimum absolute atomic E-state index is 0.0326. The van der Waals surface area contributed by atoms with Gasteiger partial charge in [0.1, 0.15) is 16.2 Å². The first kappa shape index (κ1) is 21.3. The van der Waals surface area contributed by atoms with E-state index in [4.69, 9.17) is 4.98 Å². The molecule has 1 aromatic carbocycles. The average Bonchev–Trinajstić information content (AvgIpc) is 3.19. The molecule has 1 N–H and O–H groups in total. The molecule has 0 unspecified atom stereocenters. The third-order valence-electron chi connectivity index (χ3n) is 5.96. The van der Waals surface area contributed by atoms with Crippen LogP contribution in [-0.4, -0.2) is 26.1 Å². The van der Waals surface area contributed by atoms with Crippen LogP contribution in [0.1, 0.15) is 49.9 Å². The summed E-state index contributed by atoms with van der Waals surface area (Å²) >= 11 is 3.16. The van der Waals surface area contributed by atoms with E-state index in [0.29, 0.717) is 0 Å². The Morgan fingerprint density at radius 1 is 1.16 bits per heavy atom. The van der Waals surface area contributed by atoms with Crippen LogP contribution in [0.2, 0.25) is 0 Å². The van der Waals surface area contributed by atoms with Gasteiger partial charge in [0.05, 0.1) is 15.5 Å². The molecule has 0 saturated heterocycles. The van der Waals surface area contributed by atoms with Gasteiger partial charge in [0.2, 0.25) is 5.91 Å². The summed E-state index contributed by atoms with van der Waals surface area (Å²) in [4.78, 5) is 28.1. The van der Waals surface area contributed by atoms with Crippen LogP contribution in [0.3, 0.4) is 0 Å². The highest BCUT2D eigenvalue weighted by molar-refractivity contribution is 8.00. The molecule has 1 aliphatic rings. The number of pyridine rings is 1. The van der Waals surface area contributed by atoms with E-state index < -0.39 is 0 Å². The summed E-state index contributed by atoms with van der Waals surface area (Å²) in [5.41, 5.74) is 5.96. The zero-order valence-corrected chi connectivity index (χ0v) is 20.0. The summed E-state index contributed by atoms with van der Waals surface area (Å²) in [7, 11) is 0. The predicted octanol–water partition coefficient (Wildman–Crippen LogP) is 6.19. The number of thiophene rings is 1. The topological polar surface area (TPSA) is 67.8 Å². The Kier molecular flexibility index (Phi) is 6.11. The standard InChI is InChI=1S/C25H26N4OS2/c1-3-9-19-17-12-7-8-13-18(17)20-21-22(32-24(20)29-19)25(27-14-26-21)31-15(2)23(30)28-16-10-5-4-6-11-16/h4-6,10-11,14-15H,3,7-9,12-13H2,1-2H3,(H,28,30)/t15-/m1/s1. The quantitative estimate of drug-likeness (QED) is 0.273. The number of aromatic nitrogens is 3. The van der Waals surface area contributed by atoms with Crippen molar-refractivity contribution in [2.75, 3.05) is 5.32 Å². The SMILES string of the molecule is CCCc1nc2sc3c(S[C@H](C)C(=O)Nc4ccccc4)ncnc3c2c2c1CCCC2. The molecule has 3 aromatic heterocycles. The molecule has 0 bridgehead atoms. The number of hydrogen-bond donors (Lipinski definition) is 1. The molecule has 3 heterocycles. The fourth-order valence-corrected chi connectivity index (χ4v) is 6.58. The van der Waals surface area contributed by atoms with Gasteiger partial charge < -0.3 is 5.32 Å². The Morgan fingerprint density at radius 3 is 2.72 bits per heavy atom. The minimum Gasteiger partial charge on any atom is -0.325 e. The second kappa shape index (κ2) is 9.16. The summed E-state index contributed by atoms with van der Waals surface area (Å²) in [6, 6.07) is 9.56. The molecule has 7 heteroatoms. The van der Waals surface area contributed by atoms with E-state index in [1.807, 2.05) is 37.3 Å². The summed E-state index contributed by atoms with van der Waals surface area (Å²) in [5.74, 6) is -0.0326. The second-order valence-corrected chi connectivity index (χ2v) is 10.6. The number of benzene rings is 1. The Balaban J connectivity index is 1.52. The van der Waals surface area contributed by atoms with Gasteiger partial charge in [0, 0.05) is 16.8 Å². The fourth-order valence-electron chi connectivity index (χ4n) is 4.43. The van der Waals surface area contributed by atoms with Gasteiger partial charge in [-0.1, -0.05) is 43.3 Å². The zero-order valence-electron chi connectivity index (χ0n) is 18.4. The molecule has 5 rings (SSSR count). The first-order valence-electron chi connectivity index (χ1n) is 11.3. The first-order chi connectivity index (χ1) is 15.7. The highest BCUT2D eigenvalue weighted by Crippen LogP contribution is 2.42. The van der Waals surface area contributed by atoms with Crippen LogP contribution >= 0.6 is 23.1 Å². The minimum atomic E-state index is -0.281. The number of aryl methyl sites for hydroxylation is 2. The van der Waals surface area contributed by atoms with E-state index in [2.05, 4.69) is 22.2 Å². The average molecular weight is 463 g/mol. The van der Waals surface area contributed by atoms with Crippen LogP contribution in [0, 0.1) is 0 Å². The monoisotopic (exact) mass is 462 g/mol. The third kappa shape index (κ3) is 3.99. The molecular weight excluding hydrogens is 436 g/mol. The lowest BCUT2D eigenvalue weighted by atomic mass is 9.88. The molecular formula is C25H26N4OS2.